The minimum Gasteiger partial charge on any atom is -0.439 e. The lowest BCUT2D eigenvalue weighted by Crippen LogP contribution is -1.84. The molecule has 1 aromatic heterocycles. The zero-order valence-corrected chi connectivity index (χ0v) is 8.30. The molecule has 2 rings (SSSR count). The van der Waals surface area contributed by atoms with E-state index in [9.17, 15) is 0 Å². The van der Waals surface area contributed by atoms with Crippen molar-refractivity contribution in [3.63, 3.8) is 0 Å². The summed E-state index contributed by atoms with van der Waals surface area (Å²) in [5.74, 6) is 1.03. The standard InChI is InChI=1S/C10H10ClNO/c1-6(2)10-12-8-5-3-4-7(11)9(8)13-10/h3-6H,1-2H3. The first-order valence-electron chi connectivity index (χ1n) is 4.23. The van der Waals surface area contributed by atoms with Crippen molar-refractivity contribution >= 4 is 22.7 Å². The van der Waals surface area contributed by atoms with Gasteiger partial charge in [0, 0.05) is 5.92 Å². The highest BCUT2D eigenvalue weighted by atomic mass is 35.5. The summed E-state index contributed by atoms with van der Waals surface area (Å²) in [5.41, 5.74) is 1.52. The largest absolute Gasteiger partial charge is 0.439 e. The molecule has 0 saturated heterocycles. The third kappa shape index (κ3) is 1.42. The Morgan fingerprint density at radius 1 is 1.38 bits per heavy atom. The summed E-state index contributed by atoms with van der Waals surface area (Å²) in [5, 5.41) is 0.622. The van der Waals surface area contributed by atoms with Gasteiger partial charge in [-0.15, -0.1) is 0 Å². The smallest absolute Gasteiger partial charge is 0.198 e. The molecule has 0 unspecified atom stereocenters. The van der Waals surface area contributed by atoms with Crippen molar-refractivity contribution in [1.29, 1.82) is 0 Å². The SMILES string of the molecule is CC(C)c1nc2cccc(Cl)c2o1. The molecule has 0 N–H and O–H groups in total. The minimum absolute atomic E-state index is 0.295. The van der Waals surface area contributed by atoms with Crippen molar-refractivity contribution in [3.8, 4) is 0 Å². The van der Waals surface area contributed by atoms with Gasteiger partial charge in [-0.3, -0.25) is 0 Å². The van der Waals surface area contributed by atoms with Crippen LogP contribution in [0.15, 0.2) is 22.6 Å². The zero-order valence-electron chi connectivity index (χ0n) is 7.54. The van der Waals surface area contributed by atoms with Gasteiger partial charge in [-0.1, -0.05) is 31.5 Å². The van der Waals surface area contributed by atoms with Gasteiger partial charge < -0.3 is 4.42 Å². The Hall–Kier alpha value is -1.02. The second-order valence-electron chi connectivity index (χ2n) is 3.29. The Bertz CT molecular complexity index is 433. The quantitative estimate of drug-likeness (QED) is 0.695. The molecule has 0 spiro atoms. The van der Waals surface area contributed by atoms with Crippen LogP contribution in [0.2, 0.25) is 5.02 Å². The van der Waals surface area contributed by atoms with Crippen LogP contribution in [-0.2, 0) is 0 Å². The van der Waals surface area contributed by atoms with E-state index in [0.29, 0.717) is 16.5 Å². The molecule has 1 aromatic carbocycles. The van der Waals surface area contributed by atoms with Crippen LogP contribution in [0.4, 0.5) is 0 Å². The maximum Gasteiger partial charge on any atom is 0.198 e. The summed E-state index contributed by atoms with van der Waals surface area (Å²) >= 11 is 5.94. The summed E-state index contributed by atoms with van der Waals surface area (Å²) in [7, 11) is 0. The molecule has 68 valence electrons. The average Bonchev–Trinajstić information content (AvgIpc) is 2.49. The van der Waals surface area contributed by atoms with E-state index < -0.39 is 0 Å². The number of para-hydroxylation sites is 1. The van der Waals surface area contributed by atoms with Crippen molar-refractivity contribution in [2.45, 2.75) is 19.8 Å². The first-order chi connectivity index (χ1) is 6.18. The lowest BCUT2D eigenvalue weighted by molar-refractivity contribution is 0.501. The van der Waals surface area contributed by atoms with Crippen LogP contribution >= 0.6 is 11.6 Å². The van der Waals surface area contributed by atoms with Crippen molar-refractivity contribution in [1.82, 2.24) is 4.98 Å². The van der Waals surface area contributed by atoms with Gasteiger partial charge in [0.1, 0.15) is 5.52 Å². The number of rotatable bonds is 1. The maximum atomic E-state index is 5.94. The molecule has 2 aromatic rings. The van der Waals surface area contributed by atoms with E-state index in [1.165, 1.54) is 0 Å². The summed E-state index contributed by atoms with van der Waals surface area (Å²) in [6.45, 7) is 4.08. The van der Waals surface area contributed by atoms with E-state index in [1.54, 1.807) is 6.07 Å². The molecule has 0 atom stereocenters. The third-order valence-corrected chi connectivity index (χ3v) is 2.18. The molecule has 0 fully saturated rings. The number of fused-ring (bicyclic) bond motifs is 1. The molecule has 3 heteroatoms. The maximum absolute atomic E-state index is 5.94. The number of hydrogen-bond donors (Lipinski definition) is 0. The Labute approximate surface area is 81.5 Å². The first-order valence-corrected chi connectivity index (χ1v) is 4.61. The molecule has 0 bridgehead atoms. The van der Waals surface area contributed by atoms with Gasteiger partial charge >= 0.3 is 0 Å². The van der Waals surface area contributed by atoms with Gasteiger partial charge in [-0.25, -0.2) is 4.98 Å². The van der Waals surface area contributed by atoms with Gasteiger partial charge in [0.15, 0.2) is 11.5 Å². The van der Waals surface area contributed by atoms with E-state index in [1.807, 2.05) is 26.0 Å². The second kappa shape index (κ2) is 3.04. The molecule has 1 heterocycles. The predicted octanol–water partition coefficient (Wildman–Crippen LogP) is 3.60. The highest BCUT2D eigenvalue weighted by Gasteiger charge is 2.10. The summed E-state index contributed by atoms with van der Waals surface area (Å²) < 4.78 is 5.52. The number of halogens is 1. The molecule has 2 nitrogen and oxygen atoms in total. The average molecular weight is 196 g/mol. The zero-order chi connectivity index (χ0) is 9.42. The van der Waals surface area contributed by atoms with E-state index in [-0.39, 0.29) is 0 Å². The predicted molar refractivity (Wildman–Crippen MR) is 53.1 cm³/mol. The van der Waals surface area contributed by atoms with Crippen LogP contribution in [0.25, 0.3) is 11.1 Å². The topological polar surface area (TPSA) is 26.0 Å². The Balaban J connectivity index is 2.68. The number of aromatic nitrogens is 1. The van der Waals surface area contributed by atoms with E-state index in [4.69, 9.17) is 16.0 Å². The number of nitrogens with zero attached hydrogens (tertiary/aromatic N) is 1. The summed E-state index contributed by atoms with van der Waals surface area (Å²) in [4.78, 5) is 4.32. The first kappa shape index (κ1) is 8.57. The molecule has 0 saturated carbocycles. The molecule has 0 aliphatic heterocycles. The molecule has 13 heavy (non-hydrogen) atoms. The molecule has 0 amide bonds. The number of hydrogen-bond acceptors (Lipinski definition) is 2. The van der Waals surface area contributed by atoms with Crippen LogP contribution in [0.3, 0.4) is 0 Å². The van der Waals surface area contributed by atoms with Gasteiger partial charge in [0.05, 0.1) is 5.02 Å². The highest BCUT2D eigenvalue weighted by Crippen LogP contribution is 2.26. The van der Waals surface area contributed by atoms with Crippen molar-refractivity contribution in [2.24, 2.45) is 0 Å². The highest BCUT2D eigenvalue weighted by molar-refractivity contribution is 6.34. The normalized spacial score (nSPS) is 11.4. The van der Waals surface area contributed by atoms with Crippen molar-refractivity contribution in [2.75, 3.05) is 0 Å². The second-order valence-corrected chi connectivity index (χ2v) is 3.70. The van der Waals surface area contributed by atoms with Gasteiger partial charge in [-0.05, 0) is 12.1 Å². The fraction of sp³-hybridized carbons (Fsp3) is 0.300. The minimum atomic E-state index is 0.295. The van der Waals surface area contributed by atoms with E-state index in [2.05, 4.69) is 4.98 Å². The van der Waals surface area contributed by atoms with Crippen LogP contribution in [0, 0.1) is 0 Å². The number of oxazole rings is 1. The number of benzene rings is 1. The van der Waals surface area contributed by atoms with Crippen molar-refractivity contribution in [3.05, 3.63) is 29.1 Å². The van der Waals surface area contributed by atoms with Crippen molar-refractivity contribution < 1.29 is 4.42 Å². The van der Waals surface area contributed by atoms with E-state index in [0.717, 1.165) is 11.4 Å². The van der Waals surface area contributed by atoms with E-state index >= 15 is 0 Å². The summed E-state index contributed by atoms with van der Waals surface area (Å²) in [6, 6.07) is 5.58. The fourth-order valence-corrected chi connectivity index (χ4v) is 1.39. The lowest BCUT2D eigenvalue weighted by atomic mass is 10.2. The van der Waals surface area contributed by atoms with Gasteiger partial charge in [0.25, 0.3) is 0 Å². The monoisotopic (exact) mass is 195 g/mol. The van der Waals surface area contributed by atoms with Gasteiger partial charge in [0.2, 0.25) is 0 Å². The molecular formula is C10H10ClNO. The van der Waals surface area contributed by atoms with Crippen LogP contribution < -0.4 is 0 Å². The molecule has 0 aliphatic carbocycles. The van der Waals surface area contributed by atoms with Crippen LogP contribution in [-0.4, -0.2) is 4.98 Å². The third-order valence-electron chi connectivity index (χ3n) is 1.88. The Morgan fingerprint density at radius 2 is 2.15 bits per heavy atom. The molecule has 0 aliphatic rings. The van der Waals surface area contributed by atoms with Crippen LogP contribution in [0.5, 0.6) is 0 Å². The molecular weight excluding hydrogens is 186 g/mol. The Morgan fingerprint density at radius 3 is 2.77 bits per heavy atom. The lowest BCUT2D eigenvalue weighted by Gasteiger charge is -1.94. The van der Waals surface area contributed by atoms with Gasteiger partial charge in [-0.2, -0.15) is 0 Å². The Kier molecular flexibility index (Phi) is 2.00. The summed E-state index contributed by atoms with van der Waals surface area (Å²) in [6.07, 6.45) is 0. The fourth-order valence-electron chi connectivity index (χ4n) is 1.18. The molecule has 0 radical (unpaired) electrons. The van der Waals surface area contributed by atoms with Crippen LogP contribution in [0.1, 0.15) is 25.7 Å².